The minimum atomic E-state index is -0.0399. The number of rotatable bonds is 7. The number of hydrogen-bond donors (Lipinski definition) is 1. The highest BCUT2D eigenvalue weighted by atomic mass is 16.5. The van der Waals surface area contributed by atoms with Crippen molar-refractivity contribution in [3.63, 3.8) is 0 Å². The second-order valence-electron chi connectivity index (χ2n) is 7.89. The summed E-state index contributed by atoms with van der Waals surface area (Å²) in [6.45, 7) is 0.783. The molecule has 0 spiro atoms. The lowest BCUT2D eigenvalue weighted by Crippen LogP contribution is -2.44. The Labute approximate surface area is 173 Å². The number of carbonyl (C=O) groups excluding carboxylic acids is 1. The van der Waals surface area contributed by atoms with E-state index in [4.69, 9.17) is 9.47 Å². The molecule has 29 heavy (non-hydrogen) atoms. The van der Waals surface area contributed by atoms with E-state index < -0.39 is 0 Å². The summed E-state index contributed by atoms with van der Waals surface area (Å²) in [4.78, 5) is 15.3. The first kappa shape index (κ1) is 19.8. The minimum Gasteiger partial charge on any atom is -0.493 e. The molecule has 5 heteroatoms. The first-order chi connectivity index (χ1) is 14.2. The minimum absolute atomic E-state index is 0.0399. The topological polar surface area (TPSA) is 50.8 Å². The van der Waals surface area contributed by atoms with Crippen molar-refractivity contribution in [2.45, 2.75) is 50.7 Å². The van der Waals surface area contributed by atoms with E-state index in [0.29, 0.717) is 6.04 Å². The van der Waals surface area contributed by atoms with Gasteiger partial charge in [0.15, 0.2) is 11.5 Å². The fraction of sp³-hybridized carbons (Fsp3) is 0.458. The second-order valence-corrected chi connectivity index (χ2v) is 7.89. The SMILES string of the molecule is COc1ccc(CCNC2c3ccccc3C(=O)N2C2CCCCC2)cc1OC. The standard InChI is InChI=1S/C24H30N2O3/c1-28-21-13-12-17(16-22(21)29-2)14-15-25-23-19-10-6-7-11-20(19)24(27)26(23)18-8-4-3-5-9-18/h6-7,10-13,16,18,23,25H,3-5,8-9,14-15H2,1-2H3. The second kappa shape index (κ2) is 8.87. The predicted octanol–water partition coefficient (Wildman–Crippen LogP) is 4.32. The van der Waals surface area contributed by atoms with Gasteiger partial charge in [0, 0.05) is 23.7 Å². The van der Waals surface area contributed by atoms with Crippen LogP contribution in [0.15, 0.2) is 42.5 Å². The van der Waals surface area contributed by atoms with Crippen molar-refractivity contribution in [1.82, 2.24) is 10.2 Å². The number of nitrogens with zero attached hydrogens (tertiary/aromatic N) is 1. The van der Waals surface area contributed by atoms with E-state index in [9.17, 15) is 4.79 Å². The number of carbonyl (C=O) groups is 1. The van der Waals surface area contributed by atoms with Gasteiger partial charge in [0.1, 0.15) is 6.17 Å². The van der Waals surface area contributed by atoms with Gasteiger partial charge in [-0.1, -0.05) is 43.5 Å². The molecule has 1 amide bonds. The number of benzene rings is 2. The van der Waals surface area contributed by atoms with Crippen molar-refractivity contribution in [3.8, 4) is 11.5 Å². The number of fused-ring (bicyclic) bond motifs is 1. The summed E-state index contributed by atoms with van der Waals surface area (Å²) in [7, 11) is 3.30. The molecule has 1 unspecified atom stereocenters. The van der Waals surface area contributed by atoms with Crippen LogP contribution in [0, 0.1) is 0 Å². The van der Waals surface area contributed by atoms with Crippen LogP contribution >= 0.6 is 0 Å². The van der Waals surface area contributed by atoms with Crippen LogP contribution in [-0.2, 0) is 6.42 Å². The molecule has 1 atom stereocenters. The highest BCUT2D eigenvalue weighted by Gasteiger charge is 2.40. The van der Waals surface area contributed by atoms with E-state index >= 15 is 0 Å². The normalized spacial score (nSPS) is 19.3. The third-order valence-electron chi connectivity index (χ3n) is 6.17. The average molecular weight is 395 g/mol. The van der Waals surface area contributed by atoms with Gasteiger partial charge in [-0.15, -0.1) is 0 Å². The Hall–Kier alpha value is -2.53. The van der Waals surface area contributed by atoms with E-state index in [0.717, 1.165) is 48.4 Å². The van der Waals surface area contributed by atoms with Crippen LogP contribution in [0.4, 0.5) is 0 Å². The maximum absolute atomic E-state index is 13.1. The van der Waals surface area contributed by atoms with Crippen LogP contribution in [-0.4, -0.2) is 37.6 Å². The average Bonchev–Trinajstić information content (AvgIpc) is 3.06. The number of hydrogen-bond acceptors (Lipinski definition) is 4. The van der Waals surface area contributed by atoms with Crippen molar-refractivity contribution >= 4 is 5.91 Å². The van der Waals surface area contributed by atoms with Crippen molar-refractivity contribution in [1.29, 1.82) is 0 Å². The zero-order valence-corrected chi connectivity index (χ0v) is 17.3. The maximum atomic E-state index is 13.1. The van der Waals surface area contributed by atoms with Gasteiger partial charge in [0.25, 0.3) is 5.91 Å². The molecule has 5 nitrogen and oxygen atoms in total. The Morgan fingerprint density at radius 3 is 2.52 bits per heavy atom. The first-order valence-electron chi connectivity index (χ1n) is 10.6. The molecule has 1 saturated carbocycles. The van der Waals surface area contributed by atoms with Crippen LogP contribution in [0.2, 0.25) is 0 Å². The van der Waals surface area contributed by atoms with Crippen molar-refractivity contribution in [3.05, 3.63) is 59.2 Å². The summed E-state index contributed by atoms with van der Waals surface area (Å²) in [5.74, 6) is 1.66. The van der Waals surface area contributed by atoms with Gasteiger partial charge in [-0.25, -0.2) is 0 Å². The molecule has 2 aromatic rings. The molecule has 0 aromatic heterocycles. The summed E-state index contributed by atoms with van der Waals surface area (Å²) >= 11 is 0. The fourth-order valence-electron chi connectivity index (χ4n) is 4.67. The summed E-state index contributed by atoms with van der Waals surface area (Å²) in [6.07, 6.45) is 6.73. The van der Waals surface area contributed by atoms with Gasteiger partial charge >= 0.3 is 0 Å². The summed E-state index contributed by atoms with van der Waals surface area (Å²) in [6, 6.07) is 14.4. The van der Waals surface area contributed by atoms with Crippen LogP contribution in [0.1, 0.15) is 59.8 Å². The Balaban J connectivity index is 1.49. The summed E-state index contributed by atoms with van der Waals surface area (Å²) in [5, 5.41) is 3.66. The quantitative estimate of drug-likeness (QED) is 0.760. The maximum Gasteiger partial charge on any atom is 0.256 e. The van der Waals surface area contributed by atoms with Gasteiger partial charge in [-0.3, -0.25) is 10.1 Å². The van der Waals surface area contributed by atoms with Gasteiger partial charge in [-0.2, -0.15) is 0 Å². The number of amides is 1. The molecule has 0 saturated heterocycles. The number of ether oxygens (including phenoxy) is 2. The lowest BCUT2D eigenvalue weighted by atomic mass is 9.94. The lowest BCUT2D eigenvalue weighted by molar-refractivity contribution is 0.0524. The molecule has 2 aromatic carbocycles. The van der Waals surface area contributed by atoms with E-state index in [1.807, 2.05) is 30.3 Å². The zero-order valence-electron chi connectivity index (χ0n) is 17.3. The third kappa shape index (κ3) is 3.97. The largest absolute Gasteiger partial charge is 0.493 e. The van der Waals surface area contributed by atoms with Crippen molar-refractivity contribution in [2.24, 2.45) is 0 Å². The van der Waals surface area contributed by atoms with Crippen LogP contribution in [0.3, 0.4) is 0 Å². The summed E-state index contributed by atoms with van der Waals surface area (Å²) in [5.41, 5.74) is 3.13. The molecule has 1 heterocycles. The number of nitrogens with one attached hydrogen (secondary N) is 1. The Morgan fingerprint density at radius 1 is 1.00 bits per heavy atom. The first-order valence-corrected chi connectivity index (χ1v) is 10.6. The molecule has 1 fully saturated rings. The van der Waals surface area contributed by atoms with Crippen LogP contribution in [0.25, 0.3) is 0 Å². The van der Waals surface area contributed by atoms with Gasteiger partial charge in [0.05, 0.1) is 14.2 Å². The fourth-order valence-corrected chi connectivity index (χ4v) is 4.67. The molecular weight excluding hydrogens is 364 g/mol. The smallest absolute Gasteiger partial charge is 0.256 e. The predicted molar refractivity (Wildman–Crippen MR) is 113 cm³/mol. The molecule has 1 aliphatic heterocycles. The molecular formula is C24H30N2O3. The zero-order chi connectivity index (χ0) is 20.2. The van der Waals surface area contributed by atoms with Gasteiger partial charge in [0.2, 0.25) is 0 Å². The number of methoxy groups -OCH3 is 2. The van der Waals surface area contributed by atoms with Gasteiger partial charge in [-0.05, 0) is 43.0 Å². The van der Waals surface area contributed by atoms with Gasteiger partial charge < -0.3 is 14.4 Å². The van der Waals surface area contributed by atoms with Crippen molar-refractivity contribution < 1.29 is 14.3 Å². The van der Waals surface area contributed by atoms with E-state index in [2.05, 4.69) is 22.3 Å². The highest BCUT2D eigenvalue weighted by Crippen LogP contribution is 2.37. The molecule has 0 bridgehead atoms. The van der Waals surface area contributed by atoms with Crippen LogP contribution < -0.4 is 14.8 Å². The van der Waals surface area contributed by atoms with Crippen LogP contribution in [0.5, 0.6) is 11.5 Å². The van der Waals surface area contributed by atoms with Crippen molar-refractivity contribution in [2.75, 3.05) is 20.8 Å². The Bertz CT molecular complexity index is 861. The van der Waals surface area contributed by atoms with E-state index in [-0.39, 0.29) is 12.1 Å². The molecule has 0 radical (unpaired) electrons. The molecule has 154 valence electrons. The Kier molecular flexibility index (Phi) is 6.05. The highest BCUT2D eigenvalue weighted by molar-refractivity contribution is 5.99. The molecule has 1 aliphatic carbocycles. The third-order valence-corrected chi connectivity index (χ3v) is 6.17. The molecule has 4 rings (SSSR count). The molecule has 2 aliphatic rings. The lowest BCUT2D eigenvalue weighted by Gasteiger charge is -2.36. The van der Waals surface area contributed by atoms with E-state index in [1.54, 1.807) is 14.2 Å². The molecule has 1 N–H and O–H groups in total. The van der Waals surface area contributed by atoms with E-state index in [1.165, 1.54) is 24.8 Å². The monoisotopic (exact) mass is 394 g/mol. The summed E-state index contributed by atoms with van der Waals surface area (Å²) < 4.78 is 10.7. The Morgan fingerprint density at radius 2 is 1.76 bits per heavy atom.